The van der Waals surface area contributed by atoms with E-state index in [1.165, 1.54) is 5.30 Å². The van der Waals surface area contributed by atoms with Crippen LogP contribution >= 0.6 is 6.89 Å². The van der Waals surface area contributed by atoms with Crippen LogP contribution in [-0.2, 0) is 6.42 Å². The first-order valence-electron chi connectivity index (χ1n) is 7.06. The minimum absolute atomic E-state index is 0.212. The van der Waals surface area contributed by atoms with E-state index in [9.17, 15) is 4.39 Å². The number of nitrogens with zero attached hydrogens (tertiary/aromatic N) is 1. The first kappa shape index (κ1) is 15.3. The van der Waals surface area contributed by atoms with Gasteiger partial charge in [-0.2, -0.15) is 0 Å². The quantitative estimate of drug-likeness (QED) is 0.764. The number of aromatic nitrogens is 1. The first-order chi connectivity index (χ1) is 9.25. The number of pyridine rings is 1. The summed E-state index contributed by atoms with van der Waals surface area (Å²) in [6.07, 6.45) is 5.19. The van der Waals surface area contributed by atoms with E-state index in [4.69, 9.17) is 0 Å². The summed E-state index contributed by atoms with van der Waals surface area (Å²) in [6.45, 7) is 9.10. The van der Waals surface area contributed by atoms with Crippen molar-refractivity contribution in [2.24, 2.45) is 0 Å². The topological polar surface area (TPSA) is 12.9 Å². The van der Waals surface area contributed by atoms with Crippen molar-refractivity contribution in [3.63, 3.8) is 0 Å². The highest BCUT2D eigenvalue weighted by molar-refractivity contribution is 7.79. The van der Waals surface area contributed by atoms with Crippen LogP contribution in [0.2, 0.25) is 0 Å². The Morgan fingerprint density at radius 2 is 1.95 bits per heavy atom. The zero-order valence-corrected chi connectivity index (χ0v) is 13.9. The predicted molar refractivity (Wildman–Crippen MR) is 90.7 cm³/mol. The normalized spacial score (nSPS) is 12.3. The van der Waals surface area contributed by atoms with E-state index in [1.54, 1.807) is 6.07 Å². The maximum absolute atomic E-state index is 14.4. The molecule has 1 heterocycles. The van der Waals surface area contributed by atoms with E-state index in [-0.39, 0.29) is 11.7 Å². The summed E-state index contributed by atoms with van der Waals surface area (Å²) in [5.41, 5.74) is 2.51. The van der Waals surface area contributed by atoms with Gasteiger partial charge in [0.15, 0.2) is 0 Å². The molecule has 0 unspecified atom stereocenters. The van der Waals surface area contributed by atoms with Crippen molar-refractivity contribution in [2.75, 3.05) is 13.3 Å². The predicted octanol–water partition coefficient (Wildman–Crippen LogP) is 4.39. The van der Waals surface area contributed by atoms with Gasteiger partial charge in [-0.05, 0) is 48.7 Å². The lowest BCUT2D eigenvalue weighted by Crippen LogP contribution is -2.15. The Labute approximate surface area is 121 Å². The first-order valence-corrected chi connectivity index (χ1v) is 9.93. The zero-order valence-electron chi connectivity index (χ0n) is 13.0. The SMILES string of the molecule is C=P(C)(C)c1c(C(C)C)cc(F)c2nc(CC)ccc12. The maximum atomic E-state index is 14.4. The third-order valence-corrected chi connectivity index (χ3v) is 5.29. The minimum Gasteiger partial charge on any atom is -0.250 e. The molecular weight excluding hydrogens is 268 g/mol. The fourth-order valence-corrected chi connectivity index (χ4v) is 4.47. The standard InChI is InChI=1S/C17H23FNP/c1-7-12-8-9-13-16(19-12)15(18)10-14(11(2)3)17(13)20(4,5)6/h8-11H,4,7H2,1-3,5-6H3. The third-order valence-electron chi connectivity index (χ3n) is 3.58. The fourth-order valence-electron chi connectivity index (χ4n) is 2.61. The van der Waals surface area contributed by atoms with Gasteiger partial charge in [0.1, 0.15) is 11.3 Å². The molecule has 0 aliphatic carbocycles. The Morgan fingerprint density at radius 1 is 1.30 bits per heavy atom. The Hall–Kier alpha value is -1.14. The second kappa shape index (κ2) is 5.33. The number of fused-ring (bicyclic) bond motifs is 1. The summed E-state index contributed by atoms with van der Waals surface area (Å²) in [5.74, 6) is 0.0759. The highest BCUT2D eigenvalue weighted by Crippen LogP contribution is 2.40. The molecule has 1 aromatic carbocycles. The molecule has 0 atom stereocenters. The van der Waals surface area contributed by atoms with Crippen LogP contribution in [0.25, 0.3) is 10.9 Å². The van der Waals surface area contributed by atoms with Crippen molar-refractivity contribution in [2.45, 2.75) is 33.1 Å². The second-order valence-electron chi connectivity index (χ2n) is 6.19. The minimum atomic E-state index is -1.51. The van der Waals surface area contributed by atoms with Crippen LogP contribution in [0.4, 0.5) is 4.39 Å². The van der Waals surface area contributed by atoms with E-state index in [2.05, 4.69) is 38.5 Å². The molecule has 1 aromatic heterocycles. The molecule has 2 rings (SSSR count). The smallest absolute Gasteiger partial charge is 0.149 e. The van der Waals surface area contributed by atoms with Gasteiger partial charge in [-0.1, -0.05) is 40.0 Å². The Morgan fingerprint density at radius 3 is 2.45 bits per heavy atom. The molecule has 0 aliphatic rings. The van der Waals surface area contributed by atoms with Gasteiger partial charge in [-0.3, -0.25) is 0 Å². The van der Waals surface area contributed by atoms with Crippen molar-refractivity contribution < 1.29 is 4.39 Å². The molecule has 0 saturated heterocycles. The fraction of sp³-hybridized carbons (Fsp3) is 0.412. The largest absolute Gasteiger partial charge is 0.250 e. The van der Waals surface area contributed by atoms with Crippen LogP contribution < -0.4 is 5.30 Å². The van der Waals surface area contributed by atoms with Crippen LogP contribution in [0.15, 0.2) is 18.2 Å². The van der Waals surface area contributed by atoms with Gasteiger partial charge in [0.2, 0.25) is 0 Å². The molecule has 0 radical (unpaired) electrons. The lowest BCUT2D eigenvalue weighted by molar-refractivity contribution is 0.632. The van der Waals surface area contributed by atoms with Crippen LogP contribution in [0.5, 0.6) is 0 Å². The van der Waals surface area contributed by atoms with Crippen molar-refractivity contribution in [3.8, 4) is 0 Å². The monoisotopic (exact) mass is 291 g/mol. The van der Waals surface area contributed by atoms with Gasteiger partial charge in [0.05, 0.1) is 0 Å². The zero-order chi connectivity index (χ0) is 15.1. The van der Waals surface area contributed by atoms with Crippen molar-refractivity contribution in [1.82, 2.24) is 4.98 Å². The highest BCUT2D eigenvalue weighted by Gasteiger charge is 2.20. The molecule has 0 fully saturated rings. The lowest BCUT2D eigenvalue weighted by Gasteiger charge is -2.23. The number of rotatable bonds is 3. The van der Waals surface area contributed by atoms with Gasteiger partial charge < -0.3 is 0 Å². The summed E-state index contributed by atoms with van der Waals surface area (Å²) in [7, 11) is 0. The van der Waals surface area contributed by atoms with Crippen LogP contribution in [0.3, 0.4) is 0 Å². The van der Waals surface area contributed by atoms with Gasteiger partial charge in [0, 0.05) is 11.1 Å². The third kappa shape index (κ3) is 2.67. The van der Waals surface area contributed by atoms with E-state index >= 15 is 0 Å². The molecule has 2 aromatic rings. The average molecular weight is 291 g/mol. The van der Waals surface area contributed by atoms with Crippen LogP contribution in [-0.4, -0.2) is 24.6 Å². The number of halogens is 1. The number of aryl methyl sites for hydroxylation is 1. The van der Waals surface area contributed by atoms with Gasteiger partial charge in [-0.25, -0.2) is 9.37 Å². The summed E-state index contributed by atoms with van der Waals surface area (Å²) < 4.78 is 14.4. The van der Waals surface area contributed by atoms with Crippen LogP contribution in [0, 0.1) is 5.82 Å². The second-order valence-corrected chi connectivity index (χ2v) is 10.0. The Bertz CT molecular complexity index is 698. The van der Waals surface area contributed by atoms with Crippen molar-refractivity contribution in [3.05, 3.63) is 35.3 Å². The lowest BCUT2D eigenvalue weighted by atomic mass is 10.00. The van der Waals surface area contributed by atoms with Crippen molar-refractivity contribution >= 4 is 29.4 Å². The molecule has 0 amide bonds. The van der Waals surface area contributed by atoms with E-state index in [1.807, 2.05) is 19.1 Å². The van der Waals surface area contributed by atoms with Gasteiger partial charge in [0.25, 0.3) is 0 Å². The van der Waals surface area contributed by atoms with Gasteiger partial charge in [-0.15, -0.1) is 0 Å². The van der Waals surface area contributed by atoms with Gasteiger partial charge >= 0.3 is 0 Å². The molecule has 0 N–H and O–H groups in total. The summed E-state index contributed by atoms with van der Waals surface area (Å²) in [6, 6.07) is 5.70. The number of hydrogen-bond acceptors (Lipinski definition) is 1. The molecule has 0 aliphatic heterocycles. The average Bonchev–Trinajstić information content (AvgIpc) is 2.36. The van der Waals surface area contributed by atoms with E-state index in [0.717, 1.165) is 23.1 Å². The molecule has 0 spiro atoms. The summed E-state index contributed by atoms with van der Waals surface area (Å²) >= 11 is 0. The highest BCUT2D eigenvalue weighted by atomic mass is 31.2. The molecule has 0 bridgehead atoms. The molecular formula is C17H23FNP. The van der Waals surface area contributed by atoms with Crippen molar-refractivity contribution in [1.29, 1.82) is 0 Å². The molecule has 0 saturated carbocycles. The summed E-state index contributed by atoms with van der Waals surface area (Å²) in [5, 5.41) is 2.17. The van der Waals surface area contributed by atoms with E-state index < -0.39 is 6.89 Å². The number of hydrogen-bond donors (Lipinski definition) is 0. The maximum Gasteiger partial charge on any atom is 0.149 e. The molecule has 108 valence electrons. The molecule has 1 nitrogen and oxygen atoms in total. The summed E-state index contributed by atoms with van der Waals surface area (Å²) in [4.78, 5) is 4.48. The number of benzene rings is 1. The molecule has 20 heavy (non-hydrogen) atoms. The molecule has 3 heteroatoms. The van der Waals surface area contributed by atoms with E-state index in [0.29, 0.717) is 5.52 Å². The Kier molecular flexibility index (Phi) is 4.07. The van der Waals surface area contributed by atoms with Crippen LogP contribution in [0.1, 0.15) is 37.9 Å². The Balaban J connectivity index is 2.94.